The summed E-state index contributed by atoms with van der Waals surface area (Å²) in [6.45, 7) is 6.08. The van der Waals surface area contributed by atoms with E-state index in [2.05, 4.69) is 6.92 Å². The fourth-order valence-corrected chi connectivity index (χ4v) is 2.69. The Morgan fingerprint density at radius 1 is 0.955 bits per heavy atom. The van der Waals surface area contributed by atoms with Crippen molar-refractivity contribution in [3.8, 4) is 0 Å². The van der Waals surface area contributed by atoms with Crippen LogP contribution in [0.3, 0.4) is 0 Å². The summed E-state index contributed by atoms with van der Waals surface area (Å²) in [6.07, 6.45) is 8.20. The van der Waals surface area contributed by atoms with Crippen LogP contribution < -0.4 is 0 Å². The third kappa shape index (κ3) is 7.14. The smallest absolute Gasteiger partial charge is 0.409 e. The van der Waals surface area contributed by atoms with Gasteiger partial charge in [0.1, 0.15) is 0 Å². The molecule has 0 unspecified atom stereocenters. The van der Waals surface area contributed by atoms with Crippen LogP contribution in [0.5, 0.6) is 0 Å². The fourth-order valence-electron chi connectivity index (χ4n) is 2.69. The third-order valence-corrected chi connectivity index (χ3v) is 4.10. The molecule has 0 aliphatic carbocycles. The van der Waals surface area contributed by atoms with Gasteiger partial charge in [0, 0.05) is 13.1 Å². The molecular weight excluding hydrogens is 282 g/mol. The Kier molecular flexibility index (Phi) is 9.67. The molecule has 0 bridgehead atoms. The number of likely N-dealkylation sites (tertiary alicyclic amines) is 1. The third-order valence-electron chi connectivity index (χ3n) is 4.10. The molecule has 1 saturated heterocycles. The van der Waals surface area contributed by atoms with E-state index in [1.807, 2.05) is 0 Å². The molecule has 0 spiro atoms. The first-order valence-electron chi connectivity index (χ1n) is 8.77. The summed E-state index contributed by atoms with van der Waals surface area (Å²) in [5, 5.41) is 0. The molecule has 22 heavy (non-hydrogen) atoms. The molecule has 5 heteroatoms. The fraction of sp³-hybridized carbons (Fsp3) is 0.882. The number of hydrogen-bond acceptors (Lipinski definition) is 4. The zero-order valence-electron chi connectivity index (χ0n) is 14.1. The van der Waals surface area contributed by atoms with Gasteiger partial charge in [0.05, 0.1) is 19.1 Å². The van der Waals surface area contributed by atoms with Crippen LogP contribution in [0, 0.1) is 5.92 Å². The molecule has 128 valence electrons. The Balaban J connectivity index is 2.08. The summed E-state index contributed by atoms with van der Waals surface area (Å²) < 4.78 is 10.3. The molecule has 0 atom stereocenters. The summed E-state index contributed by atoms with van der Waals surface area (Å²) in [5.41, 5.74) is 0. The predicted octanol–water partition coefficient (Wildman–Crippen LogP) is 3.76. The van der Waals surface area contributed by atoms with Crippen molar-refractivity contribution in [3.63, 3.8) is 0 Å². The van der Waals surface area contributed by atoms with E-state index in [1.54, 1.807) is 11.8 Å². The van der Waals surface area contributed by atoms with E-state index in [4.69, 9.17) is 9.47 Å². The van der Waals surface area contributed by atoms with Crippen molar-refractivity contribution in [1.82, 2.24) is 4.90 Å². The van der Waals surface area contributed by atoms with Crippen LogP contribution in [0.25, 0.3) is 0 Å². The highest BCUT2D eigenvalue weighted by Gasteiger charge is 2.28. The van der Waals surface area contributed by atoms with Crippen molar-refractivity contribution in [1.29, 1.82) is 0 Å². The van der Waals surface area contributed by atoms with Gasteiger partial charge >= 0.3 is 12.1 Å². The number of nitrogens with zero attached hydrogens (tertiary/aromatic N) is 1. The predicted molar refractivity (Wildman–Crippen MR) is 85.7 cm³/mol. The highest BCUT2D eigenvalue weighted by molar-refractivity contribution is 5.73. The topological polar surface area (TPSA) is 55.8 Å². The van der Waals surface area contributed by atoms with Crippen LogP contribution in [-0.2, 0) is 14.3 Å². The molecule has 0 N–H and O–H groups in total. The van der Waals surface area contributed by atoms with Crippen LogP contribution in [-0.4, -0.2) is 43.3 Å². The van der Waals surface area contributed by atoms with Crippen LogP contribution >= 0.6 is 0 Å². The van der Waals surface area contributed by atoms with E-state index in [0.29, 0.717) is 39.1 Å². The molecular formula is C17H31NO4. The van der Waals surface area contributed by atoms with Crippen molar-refractivity contribution < 1.29 is 19.1 Å². The summed E-state index contributed by atoms with van der Waals surface area (Å²) in [7, 11) is 0. The van der Waals surface area contributed by atoms with Gasteiger partial charge in [0.2, 0.25) is 0 Å². The quantitative estimate of drug-likeness (QED) is 0.480. The van der Waals surface area contributed by atoms with Crippen molar-refractivity contribution >= 4 is 12.1 Å². The summed E-state index contributed by atoms with van der Waals surface area (Å²) in [5.74, 6) is -0.164. The number of carbonyl (C=O) groups is 2. The van der Waals surface area contributed by atoms with Crippen molar-refractivity contribution in [2.45, 2.75) is 65.2 Å². The number of esters is 1. The monoisotopic (exact) mass is 313 g/mol. The second-order valence-electron chi connectivity index (χ2n) is 5.90. The highest BCUT2D eigenvalue weighted by atomic mass is 16.6. The molecule has 1 amide bonds. The van der Waals surface area contributed by atoms with Crippen LogP contribution in [0.15, 0.2) is 0 Å². The van der Waals surface area contributed by atoms with Gasteiger partial charge < -0.3 is 14.4 Å². The Bertz CT molecular complexity index is 325. The molecule has 0 aromatic carbocycles. The maximum Gasteiger partial charge on any atom is 0.409 e. The van der Waals surface area contributed by atoms with E-state index in [0.717, 1.165) is 12.8 Å². The molecule has 0 radical (unpaired) electrons. The lowest BCUT2D eigenvalue weighted by Crippen LogP contribution is -2.41. The SMILES string of the molecule is CCCCCCCCOC(=O)C1CCN(C(=O)OCC)CC1. The number of hydrogen-bond donors (Lipinski definition) is 0. The minimum atomic E-state index is -0.276. The number of carbonyl (C=O) groups excluding carboxylic acids is 2. The van der Waals surface area contributed by atoms with Crippen molar-refractivity contribution in [2.75, 3.05) is 26.3 Å². The van der Waals surface area contributed by atoms with E-state index in [-0.39, 0.29) is 18.0 Å². The summed E-state index contributed by atoms with van der Waals surface area (Å²) in [6, 6.07) is 0. The number of unbranched alkanes of at least 4 members (excludes halogenated alkanes) is 5. The maximum atomic E-state index is 12.0. The molecule has 0 aromatic rings. The normalized spacial score (nSPS) is 15.6. The first-order chi connectivity index (χ1) is 10.7. The molecule has 1 heterocycles. The minimum absolute atomic E-state index is 0.0641. The number of ether oxygens (including phenoxy) is 2. The Morgan fingerprint density at radius 3 is 2.23 bits per heavy atom. The van der Waals surface area contributed by atoms with E-state index in [9.17, 15) is 9.59 Å². The largest absolute Gasteiger partial charge is 0.465 e. The van der Waals surface area contributed by atoms with Gasteiger partial charge in [0.25, 0.3) is 0 Å². The first-order valence-corrected chi connectivity index (χ1v) is 8.77. The lowest BCUT2D eigenvalue weighted by atomic mass is 9.97. The molecule has 1 aliphatic rings. The van der Waals surface area contributed by atoms with Crippen LogP contribution in [0.2, 0.25) is 0 Å². The molecule has 5 nitrogen and oxygen atoms in total. The van der Waals surface area contributed by atoms with E-state index < -0.39 is 0 Å². The summed E-state index contributed by atoms with van der Waals surface area (Å²) in [4.78, 5) is 25.2. The summed E-state index contributed by atoms with van der Waals surface area (Å²) >= 11 is 0. The van der Waals surface area contributed by atoms with Gasteiger partial charge in [-0.1, -0.05) is 39.0 Å². The van der Waals surface area contributed by atoms with Gasteiger partial charge in [0.15, 0.2) is 0 Å². The lowest BCUT2D eigenvalue weighted by molar-refractivity contribution is -0.150. The van der Waals surface area contributed by atoms with Gasteiger partial charge in [-0.25, -0.2) is 4.79 Å². The average Bonchev–Trinajstić information content (AvgIpc) is 2.54. The van der Waals surface area contributed by atoms with Crippen molar-refractivity contribution in [2.24, 2.45) is 5.92 Å². The van der Waals surface area contributed by atoms with E-state index >= 15 is 0 Å². The molecule has 0 aromatic heterocycles. The number of amides is 1. The second-order valence-corrected chi connectivity index (χ2v) is 5.90. The molecule has 1 aliphatic heterocycles. The Hall–Kier alpha value is -1.26. The average molecular weight is 313 g/mol. The van der Waals surface area contributed by atoms with Gasteiger partial charge in [-0.3, -0.25) is 4.79 Å². The molecule has 1 rings (SSSR count). The number of piperidine rings is 1. The molecule has 0 saturated carbocycles. The zero-order chi connectivity index (χ0) is 16.2. The first kappa shape index (κ1) is 18.8. The highest BCUT2D eigenvalue weighted by Crippen LogP contribution is 2.19. The Morgan fingerprint density at radius 2 is 1.59 bits per heavy atom. The van der Waals surface area contributed by atoms with Gasteiger partial charge in [-0.15, -0.1) is 0 Å². The minimum Gasteiger partial charge on any atom is -0.465 e. The van der Waals surface area contributed by atoms with Crippen molar-refractivity contribution in [3.05, 3.63) is 0 Å². The molecule has 1 fully saturated rings. The maximum absolute atomic E-state index is 12.0. The number of rotatable bonds is 9. The Labute approximate surface area is 134 Å². The standard InChI is InChI=1S/C17H31NO4/c1-3-5-6-7-8-9-14-22-16(19)15-10-12-18(13-11-15)17(20)21-4-2/h15H,3-14H2,1-2H3. The van der Waals surface area contributed by atoms with Crippen LogP contribution in [0.4, 0.5) is 4.79 Å². The van der Waals surface area contributed by atoms with E-state index in [1.165, 1.54) is 25.7 Å². The van der Waals surface area contributed by atoms with Gasteiger partial charge in [-0.05, 0) is 26.2 Å². The van der Waals surface area contributed by atoms with Gasteiger partial charge in [-0.2, -0.15) is 0 Å². The lowest BCUT2D eigenvalue weighted by Gasteiger charge is -2.30. The van der Waals surface area contributed by atoms with Crippen LogP contribution in [0.1, 0.15) is 65.2 Å². The second kappa shape index (κ2) is 11.3. The zero-order valence-corrected chi connectivity index (χ0v) is 14.1.